The molecule has 0 aliphatic carbocycles. The van der Waals surface area contributed by atoms with Gasteiger partial charge in [-0.15, -0.1) is 4.21 Å². The van der Waals surface area contributed by atoms with Crippen molar-refractivity contribution < 1.29 is 36.0 Å². The molecule has 0 aromatic carbocycles. The van der Waals surface area contributed by atoms with Gasteiger partial charge in [0.25, 0.3) is 0 Å². The molecule has 0 saturated carbocycles. The Hall–Kier alpha value is 0.593. The number of hydrogen-bond donors (Lipinski definition) is 1. The van der Waals surface area contributed by atoms with Crippen molar-refractivity contribution in [3.8, 4) is 0 Å². The molecule has 0 heterocycles. The molecule has 0 atom stereocenters. The summed E-state index contributed by atoms with van der Waals surface area (Å²) in [6.07, 6.45) is -0.0167. The van der Waals surface area contributed by atoms with Crippen molar-refractivity contribution in [2.45, 2.75) is 0 Å². The van der Waals surface area contributed by atoms with Gasteiger partial charge in [-0.05, 0) is 0 Å². The van der Waals surface area contributed by atoms with Gasteiger partial charge in [0.1, 0.15) is 0 Å². The molecular formula is CH4F2O2SZn. The molecule has 0 unspecified atom stereocenters. The van der Waals surface area contributed by atoms with E-state index in [0.717, 1.165) is 0 Å². The van der Waals surface area contributed by atoms with Crippen LogP contribution in [0.25, 0.3) is 0 Å². The predicted molar refractivity (Wildman–Crippen MR) is 18.9 cm³/mol. The molecule has 6 heteroatoms. The first-order valence-electron chi connectivity index (χ1n) is 1.07. The molecule has 7 heavy (non-hydrogen) atoms. The van der Waals surface area contributed by atoms with E-state index >= 15 is 0 Å². The van der Waals surface area contributed by atoms with Gasteiger partial charge in [0.05, 0.1) is 16.4 Å². The van der Waals surface area contributed by atoms with Crippen molar-refractivity contribution in [3.05, 3.63) is 0 Å². The van der Waals surface area contributed by atoms with Crippen molar-refractivity contribution in [3.63, 3.8) is 0 Å². The summed E-state index contributed by atoms with van der Waals surface area (Å²) >= 11 is 0. The van der Waals surface area contributed by atoms with E-state index in [1.54, 1.807) is 0 Å². The quantitative estimate of drug-likeness (QED) is 0.443. The van der Waals surface area contributed by atoms with Gasteiger partial charge >= 0.3 is 0 Å². The molecule has 0 spiro atoms. The predicted octanol–water partition coefficient (Wildman–Crippen LogP) is 0.676. The summed E-state index contributed by atoms with van der Waals surface area (Å²) in [7, 11) is -6.10. The largest absolute Gasteiger partial charge is 0.256 e. The summed E-state index contributed by atoms with van der Waals surface area (Å²) in [4.78, 5) is 0. The van der Waals surface area contributed by atoms with E-state index in [-0.39, 0.29) is 25.7 Å². The summed E-state index contributed by atoms with van der Waals surface area (Å²) in [6.45, 7) is 0. The maximum Gasteiger partial charge on any atom is 0.0807 e. The van der Waals surface area contributed by atoms with Gasteiger partial charge in [-0.2, -0.15) is 0 Å². The molecule has 0 fully saturated rings. The Kier molecular flexibility index (Phi) is 2.77. The Morgan fingerprint density at radius 1 is 1.57 bits per heavy atom. The van der Waals surface area contributed by atoms with Crippen LogP contribution in [-0.2, 0) is 29.6 Å². The Morgan fingerprint density at radius 2 is 1.57 bits per heavy atom. The molecule has 0 aliphatic rings. The van der Waals surface area contributed by atoms with Crippen molar-refractivity contribution >= 4 is 10.1 Å². The molecule has 0 radical (unpaired) electrons. The van der Waals surface area contributed by atoms with E-state index < -0.39 is 10.1 Å². The van der Waals surface area contributed by atoms with Gasteiger partial charge in [0, 0.05) is 19.5 Å². The monoisotopic (exact) mass is 182 g/mol. The fourth-order valence-electron chi connectivity index (χ4n) is 0. The van der Waals surface area contributed by atoms with Crippen LogP contribution in [0.5, 0.6) is 0 Å². The first-order chi connectivity index (χ1) is 2.24. The van der Waals surface area contributed by atoms with Crippen LogP contribution < -0.4 is 0 Å². The summed E-state index contributed by atoms with van der Waals surface area (Å²) in [5, 5.41) is 0. The molecular weight excluding hydrogens is 179 g/mol. The Labute approximate surface area is 52.9 Å². The van der Waals surface area contributed by atoms with Gasteiger partial charge in [-0.1, -0.05) is 7.77 Å². The summed E-state index contributed by atoms with van der Waals surface area (Å²) in [5.41, 5.74) is 0. The molecule has 0 amide bonds. The third kappa shape index (κ3) is 395. The zero-order chi connectivity index (χ0) is 5.45. The molecule has 0 aromatic rings. The van der Waals surface area contributed by atoms with Crippen LogP contribution in [-0.4, -0.2) is 15.0 Å². The zero-order valence-corrected chi connectivity index (χ0v) is 7.51. The SMILES string of the molecule is CS(=O)(O)(F)F.[Zn]. The molecule has 0 aliphatic heterocycles. The first-order valence-corrected chi connectivity index (χ1v) is 3.20. The van der Waals surface area contributed by atoms with Crippen molar-refractivity contribution in [1.29, 1.82) is 0 Å². The van der Waals surface area contributed by atoms with E-state index in [4.69, 9.17) is 8.76 Å². The Balaban J connectivity index is 0. The third-order valence-corrected chi connectivity index (χ3v) is 0. The van der Waals surface area contributed by atoms with E-state index in [2.05, 4.69) is 0 Å². The minimum atomic E-state index is -6.10. The van der Waals surface area contributed by atoms with Crippen molar-refractivity contribution in [2.24, 2.45) is 0 Å². The van der Waals surface area contributed by atoms with Gasteiger partial charge < -0.3 is 0 Å². The summed E-state index contributed by atoms with van der Waals surface area (Å²) in [6, 6.07) is 0. The Bertz CT molecular complexity index is 93.3. The average Bonchev–Trinajstić information content (AvgIpc) is 0.650. The van der Waals surface area contributed by atoms with Crippen molar-refractivity contribution in [2.75, 3.05) is 6.26 Å². The molecule has 42 valence electrons. The van der Waals surface area contributed by atoms with Crippen LogP contribution in [0.3, 0.4) is 0 Å². The van der Waals surface area contributed by atoms with E-state index in [9.17, 15) is 7.77 Å². The van der Waals surface area contributed by atoms with Crippen LogP contribution in [0.15, 0.2) is 0 Å². The number of rotatable bonds is 0. The fraction of sp³-hybridized carbons (Fsp3) is 1.00. The Morgan fingerprint density at radius 3 is 1.57 bits per heavy atom. The maximum atomic E-state index is 10.8. The summed E-state index contributed by atoms with van der Waals surface area (Å²) in [5.74, 6) is 0. The second-order valence-electron chi connectivity index (χ2n) is 1.05. The van der Waals surface area contributed by atoms with E-state index in [1.807, 2.05) is 0 Å². The number of halogens is 2. The molecule has 0 saturated heterocycles. The van der Waals surface area contributed by atoms with Gasteiger partial charge in [-0.25, -0.2) is 0 Å². The minimum absolute atomic E-state index is 0. The number of hydrogen-bond acceptors (Lipinski definition) is 1. The van der Waals surface area contributed by atoms with Crippen LogP contribution in [0.4, 0.5) is 7.77 Å². The van der Waals surface area contributed by atoms with Gasteiger partial charge in [0.15, 0.2) is 0 Å². The van der Waals surface area contributed by atoms with Gasteiger partial charge in [-0.3, -0.25) is 4.55 Å². The average molecular weight is 183 g/mol. The van der Waals surface area contributed by atoms with Crippen molar-refractivity contribution in [1.82, 2.24) is 0 Å². The molecule has 1 N–H and O–H groups in total. The molecule has 0 bridgehead atoms. The zero-order valence-electron chi connectivity index (χ0n) is 3.73. The standard InChI is InChI=1S/CH4F2O2S.Zn/c1-6(2,3,4)5;/h1H3,(H,4,5);. The van der Waals surface area contributed by atoms with E-state index in [0.29, 0.717) is 0 Å². The second-order valence-corrected chi connectivity index (χ2v) is 3.16. The first kappa shape index (κ1) is 10.6. The molecule has 0 aromatic heterocycles. The normalized spacial score (nSPS) is 16.3. The van der Waals surface area contributed by atoms with Crippen LogP contribution >= 0.6 is 0 Å². The smallest absolute Gasteiger partial charge is 0.0807 e. The van der Waals surface area contributed by atoms with Crippen LogP contribution in [0.2, 0.25) is 0 Å². The third-order valence-electron chi connectivity index (χ3n) is 0. The minimum Gasteiger partial charge on any atom is -0.256 e. The summed E-state index contributed by atoms with van der Waals surface area (Å²) < 4.78 is 37.8. The topological polar surface area (TPSA) is 37.3 Å². The molecule has 2 nitrogen and oxygen atoms in total. The van der Waals surface area contributed by atoms with Crippen LogP contribution in [0, 0.1) is 0 Å². The fourth-order valence-corrected chi connectivity index (χ4v) is 0. The van der Waals surface area contributed by atoms with Crippen LogP contribution in [0.1, 0.15) is 0 Å². The van der Waals surface area contributed by atoms with Gasteiger partial charge in [0.2, 0.25) is 0 Å². The maximum absolute atomic E-state index is 10.8. The molecule has 0 rings (SSSR count). The van der Waals surface area contributed by atoms with E-state index in [1.165, 1.54) is 0 Å². The second kappa shape index (κ2) is 1.84.